The fourth-order valence-electron chi connectivity index (χ4n) is 3.48. The van der Waals surface area contributed by atoms with Crippen molar-refractivity contribution < 1.29 is 0 Å². The van der Waals surface area contributed by atoms with Gasteiger partial charge >= 0.3 is 0 Å². The molecule has 2 aliphatic carbocycles. The lowest BCUT2D eigenvalue weighted by atomic mass is 9.65. The monoisotopic (exact) mass is 209 g/mol. The topological polar surface area (TPSA) is 26.0 Å². The summed E-state index contributed by atoms with van der Waals surface area (Å²) in [6.45, 7) is 0. The Hall–Kier alpha value is -0.0400. The average Bonchev–Trinajstić information content (AvgIpc) is 2.22. The van der Waals surface area contributed by atoms with Crippen LogP contribution in [-0.2, 0) is 0 Å². The lowest BCUT2D eigenvalue weighted by Gasteiger charge is -2.43. The van der Waals surface area contributed by atoms with Crippen molar-refractivity contribution in [2.45, 2.75) is 76.7 Å². The number of rotatable bonds is 0. The van der Waals surface area contributed by atoms with Gasteiger partial charge in [0.1, 0.15) is 0 Å². The first-order chi connectivity index (χ1) is 7.38. The third kappa shape index (κ3) is 3.21. The lowest BCUT2D eigenvalue weighted by molar-refractivity contribution is 0.109. The molecule has 2 fully saturated rings. The smallest absolute Gasteiger partial charge is 0.00725 e. The zero-order valence-corrected chi connectivity index (χ0v) is 10.1. The second-order valence-electron chi connectivity index (χ2n) is 5.73. The molecule has 0 radical (unpaired) electrons. The molecule has 2 N–H and O–H groups in total. The van der Waals surface area contributed by atoms with Gasteiger partial charge in [0.05, 0.1) is 0 Å². The molecule has 2 aliphatic rings. The van der Waals surface area contributed by atoms with Gasteiger partial charge in [-0.15, -0.1) is 0 Å². The summed E-state index contributed by atoms with van der Waals surface area (Å²) in [5.74, 6) is 1.89. The second-order valence-corrected chi connectivity index (χ2v) is 5.73. The van der Waals surface area contributed by atoms with Gasteiger partial charge in [0.25, 0.3) is 0 Å². The third-order valence-corrected chi connectivity index (χ3v) is 4.59. The van der Waals surface area contributed by atoms with Crippen LogP contribution in [0.3, 0.4) is 0 Å². The minimum Gasteiger partial charge on any atom is -0.327 e. The summed E-state index contributed by atoms with van der Waals surface area (Å²) in [6, 6.07) is 0.554. The zero-order chi connectivity index (χ0) is 10.5. The Morgan fingerprint density at radius 1 is 0.667 bits per heavy atom. The molecule has 15 heavy (non-hydrogen) atoms. The number of hydrogen-bond donors (Lipinski definition) is 1. The molecule has 88 valence electrons. The van der Waals surface area contributed by atoms with Crippen LogP contribution in [0.5, 0.6) is 0 Å². The van der Waals surface area contributed by atoms with Gasteiger partial charge in [0.2, 0.25) is 0 Å². The first kappa shape index (κ1) is 11.4. The maximum absolute atomic E-state index is 6.11. The van der Waals surface area contributed by atoms with Gasteiger partial charge in [-0.1, -0.05) is 57.8 Å². The Kier molecular flexibility index (Phi) is 4.49. The molecule has 2 saturated carbocycles. The molecule has 3 atom stereocenters. The molecule has 2 rings (SSSR count). The highest BCUT2D eigenvalue weighted by atomic mass is 14.7. The highest BCUT2D eigenvalue weighted by molar-refractivity contribution is 4.91. The molecule has 0 heterocycles. The van der Waals surface area contributed by atoms with E-state index in [-0.39, 0.29) is 0 Å². The van der Waals surface area contributed by atoms with E-state index in [0.717, 1.165) is 11.8 Å². The Labute approximate surface area is 94.8 Å². The SMILES string of the molecule is NC1CC2CCCCCCCCCCC12. The molecule has 0 bridgehead atoms. The molecule has 3 unspecified atom stereocenters. The average molecular weight is 209 g/mol. The van der Waals surface area contributed by atoms with Gasteiger partial charge in [0.15, 0.2) is 0 Å². The molecule has 0 saturated heterocycles. The molecule has 0 spiro atoms. The molecule has 1 heteroatoms. The summed E-state index contributed by atoms with van der Waals surface area (Å²) in [6.07, 6.45) is 15.9. The highest BCUT2D eigenvalue weighted by Crippen LogP contribution is 2.40. The molecular weight excluding hydrogens is 182 g/mol. The van der Waals surface area contributed by atoms with Crippen molar-refractivity contribution in [2.75, 3.05) is 0 Å². The van der Waals surface area contributed by atoms with Crippen LogP contribution in [0.15, 0.2) is 0 Å². The van der Waals surface area contributed by atoms with Crippen molar-refractivity contribution in [3.63, 3.8) is 0 Å². The van der Waals surface area contributed by atoms with E-state index in [0.29, 0.717) is 6.04 Å². The van der Waals surface area contributed by atoms with Crippen LogP contribution < -0.4 is 5.73 Å². The molecule has 1 nitrogen and oxygen atoms in total. The molecule has 0 aromatic heterocycles. The predicted octanol–water partition coefficient (Wildman–Crippen LogP) is 3.86. The van der Waals surface area contributed by atoms with E-state index in [1.807, 2.05) is 0 Å². The van der Waals surface area contributed by atoms with Gasteiger partial charge in [-0.3, -0.25) is 0 Å². The summed E-state index contributed by atoms with van der Waals surface area (Å²) in [4.78, 5) is 0. The Morgan fingerprint density at radius 3 is 1.80 bits per heavy atom. The van der Waals surface area contributed by atoms with Gasteiger partial charge < -0.3 is 5.73 Å². The minimum atomic E-state index is 0.554. The van der Waals surface area contributed by atoms with E-state index < -0.39 is 0 Å². The van der Waals surface area contributed by atoms with Crippen molar-refractivity contribution in [1.29, 1.82) is 0 Å². The normalized spacial score (nSPS) is 39.4. The van der Waals surface area contributed by atoms with Gasteiger partial charge in [-0.25, -0.2) is 0 Å². The van der Waals surface area contributed by atoms with E-state index in [1.54, 1.807) is 0 Å². The van der Waals surface area contributed by atoms with Crippen LogP contribution in [0.4, 0.5) is 0 Å². The molecule has 0 amide bonds. The van der Waals surface area contributed by atoms with E-state index in [2.05, 4.69) is 0 Å². The summed E-state index contributed by atoms with van der Waals surface area (Å²) in [5.41, 5.74) is 6.11. The van der Waals surface area contributed by atoms with Crippen LogP contribution >= 0.6 is 0 Å². The summed E-state index contributed by atoms with van der Waals surface area (Å²) in [7, 11) is 0. The van der Waals surface area contributed by atoms with Crippen LogP contribution in [0.1, 0.15) is 70.6 Å². The van der Waals surface area contributed by atoms with Gasteiger partial charge in [-0.05, 0) is 24.7 Å². The standard InChI is InChI=1S/C14H27N/c15-14-11-12-9-7-5-3-1-2-4-6-8-10-13(12)14/h12-14H,1-11,15H2. The second kappa shape index (κ2) is 5.89. The largest absolute Gasteiger partial charge is 0.327 e. The number of fused-ring (bicyclic) bond motifs is 1. The van der Waals surface area contributed by atoms with Crippen molar-refractivity contribution in [3.05, 3.63) is 0 Å². The first-order valence-electron chi connectivity index (χ1n) is 7.13. The van der Waals surface area contributed by atoms with Crippen LogP contribution in [0.2, 0.25) is 0 Å². The minimum absolute atomic E-state index is 0.554. The lowest BCUT2D eigenvalue weighted by Crippen LogP contribution is -2.47. The van der Waals surface area contributed by atoms with Crippen molar-refractivity contribution in [3.8, 4) is 0 Å². The Morgan fingerprint density at radius 2 is 1.20 bits per heavy atom. The molecule has 0 aliphatic heterocycles. The van der Waals surface area contributed by atoms with Crippen molar-refractivity contribution in [1.82, 2.24) is 0 Å². The third-order valence-electron chi connectivity index (χ3n) is 4.59. The summed E-state index contributed by atoms with van der Waals surface area (Å²) in [5, 5.41) is 0. The first-order valence-corrected chi connectivity index (χ1v) is 7.13. The van der Waals surface area contributed by atoms with Gasteiger partial charge in [0, 0.05) is 6.04 Å². The molecule has 0 aromatic rings. The van der Waals surface area contributed by atoms with E-state index in [4.69, 9.17) is 5.73 Å². The quantitative estimate of drug-likeness (QED) is 0.644. The van der Waals surface area contributed by atoms with E-state index in [1.165, 1.54) is 70.6 Å². The highest BCUT2D eigenvalue weighted by Gasteiger charge is 2.36. The summed E-state index contributed by atoms with van der Waals surface area (Å²) >= 11 is 0. The van der Waals surface area contributed by atoms with Crippen molar-refractivity contribution >= 4 is 0 Å². The van der Waals surface area contributed by atoms with E-state index in [9.17, 15) is 0 Å². The predicted molar refractivity (Wildman–Crippen MR) is 65.7 cm³/mol. The zero-order valence-electron chi connectivity index (χ0n) is 10.1. The fraction of sp³-hybridized carbons (Fsp3) is 1.00. The number of hydrogen-bond acceptors (Lipinski definition) is 1. The van der Waals surface area contributed by atoms with Crippen LogP contribution in [0.25, 0.3) is 0 Å². The molecular formula is C14H27N. The van der Waals surface area contributed by atoms with E-state index >= 15 is 0 Å². The Bertz CT molecular complexity index is 178. The Balaban J connectivity index is 1.75. The maximum Gasteiger partial charge on any atom is 0.00725 e. The van der Waals surface area contributed by atoms with Gasteiger partial charge in [-0.2, -0.15) is 0 Å². The van der Waals surface area contributed by atoms with Crippen molar-refractivity contribution in [2.24, 2.45) is 17.6 Å². The summed E-state index contributed by atoms with van der Waals surface area (Å²) < 4.78 is 0. The molecule has 0 aromatic carbocycles. The fourth-order valence-corrected chi connectivity index (χ4v) is 3.48. The number of nitrogens with two attached hydrogens (primary N) is 1. The van der Waals surface area contributed by atoms with Crippen LogP contribution in [0, 0.1) is 11.8 Å². The maximum atomic E-state index is 6.11. The van der Waals surface area contributed by atoms with Crippen LogP contribution in [-0.4, -0.2) is 6.04 Å².